The van der Waals surface area contributed by atoms with E-state index in [2.05, 4.69) is 62.9 Å². The average molecular weight is 623 g/mol. The number of anilines is 1. The summed E-state index contributed by atoms with van der Waals surface area (Å²) in [4.78, 5) is 22.9. The first-order chi connectivity index (χ1) is 20.2. The number of nitrogens with zero attached hydrogens (tertiary/aromatic N) is 2. The van der Waals surface area contributed by atoms with E-state index in [1.165, 1.54) is 49.3 Å². The third-order valence-corrected chi connectivity index (χ3v) is 6.66. The minimum absolute atomic E-state index is 0.649. The fourth-order valence-corrected chi connectivity index (χ4v) is 4.39. The van der Waals surface area contributed by atoms with E-state index in [4.69, 9.17) is 24.5 Å². The van der Waals surface area contributed by atoms with E-state index >= 15 is 0 Å². The smallest absolute Gasteiger partial charge is 0.490 e. The van der Waals surface area contributed by atoms with Gasteiger partial charge in [0.15, 0.2) is 0 Å². The molecule has 240 valence electrons. The Morgan fingerprint density at radius 2 is 1.40 bits per heavy atom. The Morgan fingerprint density at radius 1 is 0.884 bits per heavy atom. The normalized spacial score (nSPS) is 16.3. The lowest BCUT2D eigenvalue weighted by atomic mass is 10.0. The number of methoxy groups -OCH3 is 1. The summed E-state index contributed by atoms with van der Waals surface area (Å²) in [6.45, 7) is 9.15. The van der Waals surface area contributed by atoms with Crippen molar-refractivity contribution in [3.63, 3.8) is 0 Å². The van der Waals surface area contributed by atoms with Crippen LogP contribution in [0.1, 0.15) is 12.8 Å². The standard InChI is InChI=1S/C24H34N4O.2C2HF3O2/c1-29-24-7-3-5-21(19-24)20-4-2-6-23(18-20)28-13-8-22(9-14-28)26-12-17-27-15-10-25-11-16-27;2*3-2(4,5)1(6)7/h2-7,18-19,22,25-26H,8-17H2,1H3;2*(H,6,7). The highest BCUT2D eigenvalue weighted by Crippen LogP contribution is 2.28. The Morgan fingerprint density at radius 3 is 1.91 bits per heavy atom. The Bertz CT molecular complexity index is 1130. The van der Waals surface area contributed by atoms with Gasteiger partial charge in [-0.25, -0.2) is 9.59 Å². The van der Waals surface area contributed by atoms with E-state index in [1.807, 2.05) is 6.07 Å². The molecule has 2 fully saturated rings. The molecule has 43 heavy (non-hydrogen) atoms. The van der Waals surface area contributed by atoms with Gasteiger partial charge in [-0.2, -0.15) is 26.3 Å². The van der Waals surface area contributed by atoms with Crippen molar-refractivity contribution in [2.45, 2.75) is 31.2 Å². The number of piperazine rings is 1. The average Bonchev–Trinajstić information content (AvgIpc) is 2.98. The molecule has 2 heterocycles. The number of benzene rings is 2. The number of hydrogen-bond acceptors (Lipinski definition) is 7. The number of rotatable bonds is 7. The molecule has 0 atom stereocenters. The first kappa shape index (κ1) is 35.6. The van der Waals surface area contributed by atoms with E-state index in [-0.39, 0.29) is 0 Å². The van der Waals surface area contributed by atoms with Crippen molar-refractivity contribution < 1.29 is 50.9 Å². The second-order valence-corrected chi connectivity index (χ2v) is 9.70. The van der Waals surface area contributed by atoms with Crippen LogP contribution in [0.15, 0.2) is 48.5 Å². The van der Waals surface area contributed by atoms with Crippen molar-refractivity contribution in [3.8, 4) is 16.9 Å². The van der Waals surface area contributed by atoms with Crippen LogP contribution in [0.2, 0.25) is 0 Å². The topological polar surface area (TPSA) is 114 Å². The second kappa shape index (κ2) is 16.9. The molecule has 0 radical (unpaired) electrons. The van der Waals surface area contributed by atoms with Gasteiger partial charge < -0.3 is 30.5 Å². The summed E-state index contributed by atoms with van der Waals surface area (Å²) in [5.74, 6) is -4.61. The Hall–Kier alpha value is -3.56. The van der Waals surface area contributed by atoms with E-state index in [0.717, 1.165) is 38.5 Å². The molecule has 4 N–H and O–H groups in total. The van der Waals surface area contributed by atoms with Crippen LogP contribution in [0.4, 0.5) is 32.0 Å². The number of carbonyl (C=O) groups is 2. The molecule has 0 unspecified atom stereocenters. The molecule has 15 heteroatoms. The molecule has 2 aliphatic rings. The maximum atomic E-state index is 10.6. The van der Waals surface area contributed by atoms with Crippen LogP contribution in [0.3, 0.4) is 0 Å². The zero-order valence-electron chi connectivity index (χ0n) is 23.5. The van der Waals surface area contributed by atoms with E-state index in [0.29, 0.717) is 6.04 Å². The van der Waals surface area contributed by atoms with Crippen molar-refractivity contribution >= 4 is 17.6 Å². The monoisotopic (exact) mass is 622 g/mol. The lowest BCUT2D eigenvalue weighted by Crippen LogP contribution is -2.48. The number of nitrogens with one attached hydrogen (secondary N) is 2. The zero-order chi connectivity index (χ0) is 32.0. The summed E-state index contributed by atoms with van der Waals surface area (Å²) in [5.41, 5.74) is 3.78. The molecule has 2 aromatic carbocycles. The lowest BCUT2D eigenvalue weighted by Gasteiger charge is -2.35. The third kappa shape index (κ3) is 13.1. The van der Waals surface area contributed by atoms with Gasteiger partial charge in [0.1, 0.15) is 5.75 Å². The maximum absolute atomic E-state index is 10.6. The first-order valence-corrected chi connectivity index (χ1v) is 13.5. The molecule has 0 aliphatic carbocycles. The van der Waals surface area contributed by atoms with Gasteiger partial charge in [0.2, 0.25) is 0 Å². The predicted octanol–water partition coefficient (Wildman–Crippen LogP) is 4.09. The number of carboxylic acids is 2. The molecule has 2 aromatic rings. The molecular weight excluding hydrogens is 586 g/mol. The highest BCUT2D eigenvalue weighted by atomic mass is 19.4. The fraction of sp³-hybridized carbons (Fsp3) is 0.500. The van der Waals surface area contributed by atoms with E-state index in [1.54, 1.807) is 7.11 Å². The van der Waals surface area contributed by atoms with E-state index in [9.17, 15) is 26.3 Å². The van der Waals surface area contributed by atoms with Crippen LogP contribution < -0.4 is 20.3 Å². The molecule has 2 saturated heterocycles. The van der Waals surface area contributed by atoms with Crippen molar-refractivity contribution in [1.29, 1.82) is 0 Å². The maximum Gasteiger partial charge on any atom is 0.490 e. The molecule has 0 saturated carbocycles. The Balaban J connectivity index is 0.000000384. The minimum Gasteiger partial charge on any atom is -0.497 e. The quantitative estimate of drug-likeness (QED) is 0.339. The molecule has 0 aromatic heterocycles. The molecule has 4 rings (SSSR count). The number of aliphatic carboxylic acids is 2. The SMILES string of the molecule is COc1cccc(-c2cccc(N3CCC(NCCN4CCNCC4)CC3)c2)c1.O=C(O)C(F)(F)F.O=C(O)C(F)(F)F. The number of alkyl halides is 6. The van der Waals surface area contributed by atoms with Crippen LogP contribution >= 0.6 is 0 Å². The lowest BCUT2D eigenvalue weighted by molar-refractivity contribution is -0.193. The van der Waals surface area contributed by atoms with Gasteiger partial charge in [0, 0.05) is 64.1 Å². The predicted molar refractivity (Wildman–Crippen MR) is 148 cm³/mol. The minimum atomic E-state index is -5.08. The van der Waals surface area contributed by atoms with Crippen molar-refractivity contribution in [3.05, 3.63) is 48.5 Å². The van der Waals surface area contributed by atoms with Crippen molar-refractivity contribution in [1.82, 2.24) is 15.5 Å². The molecule has 9 nitrogen and oxygen atoms in total. The van der Waals surface area contributed by atoms with Gasteiger partial charge in [0.05, 0.1) is 7.11 Å². The van der Waals surface area contributed by atoms with Crippen LogP contribution in [0.5, 0.6) is 5.75 Å². The largest absolute Gasteiger partial charge is 0.497 e. The van der Waals surface area contributed by atoms with Gasteiger partial charge in [-0.15, -0.1) is 0 Å². The van der Waals surface area contributed by atoms with Gasteiger partial charge >= 0.3 is 24.3 Å². The van der Waals surface area contributed by atoms with Crippen molar-refractivity contribution in [2.75, 3.05) is 64.4 Å². The Labute approximate surface area is 245 Å². The zero-order valence-corrected chi connectivity index (χ0v) is 23.5. The van der Waals surface area contributed by atoms with Gasteiger partial charge in [-0.3, -0.25) is 4.90 Å². The summed E-state index contributed by atoms with van der Waals surface area (Å²) in [6, 6.07) is 17.9. The number of halogens is 6. The molecule has 0 bridgehead atoms. The number of carboxylic acid groups (broad SMARTS) is 2. The van der Waals surface area contributed by atoms with Gasteiger partial charge in [-0.1, -0.05) is 24.3 Å². The van der Waals surface area contributed by atoms with Crippen LogP contribution in [-0.4, -0.2) is 105 Å². The van der Waals surface area contributed by atoms with Crippen molar-refractivity contribution in [2.24, 2.45) is 0 Å². The van der Waals surface area contributed by atoms with Gasteiger partial charge in [0.25, 0.3) is 0 Å². The fourth-order valence-electron chi connectivity index (χ4n) is 4.39. The molecular formula is C28H36F6N4O5. The van der Waals surface area contributed by atoms with Crippen LogP contribution in [0.25, 0.3) is 11.1 Å². The molecule has 2 aliphatic heterocycles. The number of ether oxygens (including phenoxy) is 1. The Kier molecular flexibility index (Phi) is 14.0. The van der Waals surface area contributed by atoms with Gasteiger partial charge in [-0.05, 0) is 48.2 Å². The van der Waals surface area contributed by atoms with Crippen LogP contribution in [-0.2, 0) is 9.59 Å². The number of hydrogen-bond donors (Lipinski definition) is 4. The summed E-state index contributed by atoms with van der Waals surface area (Å²) in [6.07, 6.45) is -7.74. The van der Waals surface area contributed by atoms with Crippen LogP contribution in [0, 0.1) is 0 Å². The molecule has 0 amide bonds. The summed E-state index contributed by atoms with van der Waals surface area (Å²) in [7, 11) is 1.72. The summed E-state index contributed by atoms with van der Waals surface area (Å²) < 4.78 is 68.9. The number of piperidine rings is 1. The van der Waals surface area contributed by atoms with E-state index < -0.39 is 24.3 Å². The summed E-state index contributed by atoms with van der Waals surface area (Å²) >= 11 is 0. The highest BCUT2D eigenvalue weighted by Gasteiger charge is 2.38. The summed E-state index contributed by atoms with van der Waals surface area (Å²) in [5, 5.41) is 21.5. The molecule has 0 spiro atoms. The first-order valence-electron chi connectivity index (χ1n) is 13.5. The second-order valence-electron chi connectivity index (χ2n) is 9.70. The third-order valence-electron chi connectivity index (χ3n) is 6.66. The highest BCUT2D eigenvalue weighted by molar-refractivity contribution is 5.73.